The highest BCUT2D eigenvalue weighted by Crippen LogP contribution is 2.16. The van der Waals surface area contributed by atoms with Gasteiger partial charge in [0.1, 0.15) is 5.60 Å². The highest BCUT2D eigenvalue weighted by Gasteiger charge is 2.34. The minimum atomic E-state index is -3.20. The van der Waals surface area contributed by atoms with Gasteiger partial charge in [-0.05, 0) is 41.5 Å². The largest absolute Gasteiger partial charge is 0.444 e. The number of nitrogens with zero attached hydrogens (tertiary/aromatic N) is 2. The Morgan fingerprint density at radius 3 is 2.19 bits per heavy atom. The third-order valence-electron chi connectivity index (χ3n) is 3.84. The van der Waals surface area contributed by atoms with Crippen LogP contribution in [0.5, 0.6) is 0 Å². The molecule has 2 N–H and O–H groups in total. The highest BCUT2D eigenvalue weighted by molar-refractivity contribution is 14.0. The predicted octanol–water partition coefficient (Wildman–Crippen LogP) is 1.60. The van der Waals surface area contributed by atoms with Crippen molar-refractivity contribution in [3.05, 3.63) is 0 Å². The lowest BCUT2D eigenvalue weighted by Gasteiger charge is -2.40. The van der Waals surface area contributed by atoms with Crippen LogP contribution in [0.2, 0.25) is 0 Å². The fourth-order valence-corrected chi connectivity index (χ4v) is 2.24. The molecule has 154 valence electrons. The first kappa shape index (κ1) is 25.2. The number of hydrogen-bond donors (Lipinski definition) is 2. The first-order chi connectivity index (χ1) is 11.2. The molecule has 0 unspecified atom stereocenters. The molecule has 0 saturated carbocycles. The Morgan fingerprint density at radius 2 is 1.77 bits per heavy atom. The van der Waals surface area contributed by atoms with Crippen molar-refractivity contribution in [3.63, 3.8) is 0 Å². The van der Waals surface area contributed by atoms with Gasteiger partial charge < -0.3 is 20.3 Å². The van der Waals surface area contributed by atoms with Gasteiger partial charge in [-0.3, -0.25) is 4.99 Å². The molecule has 1 aliphatic heterocycles. The number of ether oxygens (including phenoxy) is 1. The number of rotatable bonds is 5. The smallest absolute Gasteiger partial charge is 0.410 e. The molecule has 0 aliphatic carbocycles. The molecule has 8 nitrogen and oxygen atoms in total. The van der Waals surface area contributed by atoms with Gasteiger partial charge in [-0.25, -0.2) is 13.2 Å². The fourth-order valence-electron chi connectivity index (χ4n) is 1.95. The van der Waals surface area contributed by atoms with Gasteiger partial charge in [-0.2, -0.15) is 0 Å². The van der Waals surface area contributed by atoms with E-state index in [2.05, 4.69) is 15.6 Å². The van der Waals surface area contributed by atoms with Gasteiger partial charge in [0.2, 0.25) is 0 Å². The van der Waals surface area contributed by atoms with E-state index in [1.165, 1.54) is 6.26 Å². The van der Waals surface area contributed by atoms with Crippen molar-refractivity contribution < 1.29 is 17.9 Å². The van der Waals surface area contributed by atoms with E-state index in [-0.39, 0.29) is 42.7 Å². The van der Waals surface area contributed by atoms with Crippen molar-refractivity contribution >= 4 is 45.9 Å². The quantitative estimate of drug-likeness (QED) is 0.335. The maximum atomic E-state index is 11.9. The lowest BCUT2D eigenvalue weighted by molar-refractivity contribution is 0.00700. The number of nitrogens with one attached hydrogen (secondary N) is 2. The van der Waals surface area contributed by atoms with Gasteiger partial charge in [-0.15, -0.1) is 24.0 Å². The Morgan fingerprint density at radius 1 is 1.23 bits per heavy atom. The Labute approximate surface area is 174 Å². The van der Waals surface area contributed by atoms with Crippen LogP contribution in [0.4, 0.5) is 4.79 Å². The van der Waals surface area contributed by atoms with Gasteiger partial charge >= 0.3 is 6.09 Å². The van der Waals surface area contributed by atoms with Gasteiger partial charge in [0.05, 0.1) is 17.3 Å². The molecule has 0 spiro atoms. The molecule has 1 fully saturated rings. The molecule has 10 heteroatoms. The molecule has 26 heavy (non-hydrogen) atoms. The zero-order valence-electron chi connectivity index (χ0n) is 16.7. The topological polar surface area (TPSA) is 100 Å². The normalized spacial score (nSPS) is 16.4. The van der Waals surface area contributed by atoms with Crippen molar-refractivity contribution in [1.29, 1.82) is 0 Å². The van der Waals surface area contributed by atoms with Crippen LogP contribution in [0.3, 0.4) is 0 Å². The summed E-state index contributed by atoms with van der Waals surface area (Å²) >= 11 is 0. The monoisotopic (exact) mass is 504 g/mol. The SMILES string of the molecule is CCNC(=NCC(C)(C)S(C)(=O)=O)NC1CN(C(=O)OC(C)(C)C)C1.I. The Bertz CT molecular complexity index is 608. The second-order valence-corrected chi connectivity index (χ2v) is 10.6. The molecule has 0 bridgehead atoms. The maximum Gasteiger partial charge on any atom is 0.410 e. The first-order valence-electron chi connectivity index (χ1n) is 8.47. The lowest BCUT2D eigenvalue weighted by atomic mass is 10.1. The summed E-state index contributed by atoms with van der Waals surface area (Å²) in [6.07, 6.45) is 0.888. The standard InChI is InChI=1S/C16H32N4O4S.HI/c1-8-17-13(18-11-16(5,6)25(7,22)23)19-12-9-20(10-12)14(21)24-15(2,3)4;/h12H,8-11H2,1-7H3,(H2,17,18,19);1H. The van der Waals surface area contributed by atoms with Crippen LogP contribution in [0.25, 0.3) is 0 Å². The number of carbonyl (C=O) groups is 1. The van der Waals surface area contributed by atoms with E-state index in [0.717, 1.165) is 0 Å². The number of hydrogen-bond acceptors (Lipinski definition) is 5. The second kappa shape index (κ2) is 9.43. The lowest BCUT2D eigenvalue weighted by Crippen LogP contribution is -2.63. The van der Waals surface area contributed by atoms with E-state index in [9.17, 15) is 13.2 Å². The summed E-state index contributed by atoms with van der Waals surface area (Å²) in [5.74, 6) is 0.549. The van der Waals surface area contributed by atoms with Crippen LogP contribution in [-0.4, -0.2) is 74.2 Å². The van der Waals surface area contributed by atoms with Crippen molar-refractivity contribution in [3.8, 4) is 0 Å². The summed E-state index contributed by atoms with van der Waals surface area (Å²) in [4.78, 5) is 17.9. The molecule has 0 aromatic heterocycles. The van der Waals surface area contributed by atoms with Gasteiger partial charge in [-0.1, -0.05) is 0 Å². The minimum absolute atomic E-state index is 0. The Hall–Kier alpha value is -0.780. The molecule has 1 saturated heterocycles. The molecular formula is C16H33IN4O4S. The van der Waals surface area contributed by atoms with Crippen LogP contribution >= 0.6 is 24.0 Å². The number of guanidine groups is 1. The molecule has 1 rings (SSSR count). The minimum Gasteiger partial charge on any atom is -0.444 e. The molecule has 1 aliphatic rings. The highest BCUT2D eigenvalue weighted by atomic mass is 127. The molecule has 0 aromatic carbocycles. The van der Waals surface area contributed by atoms with E-state index in [0.29, 0.717) is 25.6 Å². The molecular weight excluding hydrogens is 471 g/mol. The Kier molecular flexibility index (Phi) is 9.14. The first-order valence-corrected chi connectivity index (χ1v) is 10.4. The summed E-state index contributed by atoms with van der Waals surface area (Å²) in [5.41, 5.74) is -0.511. The number of amides is 1. The number of likely N-dealkylation sites (tertiary alicyclic amines) is 1. The molecule has 0 radical (unpaired) electrons. The fraction of sp³-hybridized carbons (Fsp3) is 0.875. The van der Waals surface area contributed by atoms with Crippen LogP contribution in [0.15, 0.2) is 4.99 Å². The van der Waals surface area contributed by atoms with Crippen molar-refractivity contribution in [2.24, 2.45) is 4.99 Å². The third-order valence-corrected chi connectivity index (χ3v) is 5.98. The maximum absolute atomic E-state index is 11.9. The molecule has 0 aromatic rings. The zero-order valence-corrected chi connectivity index (χ0v) is 19.9. The molecule has 0 atom stereocenters. The number of halogens is 1. The van der Waals surface area contributed by atoms with Crippen molar-refractivity contribution in [2.75, 3.05) is 32.4 Å². The molecule has 1 amide bonds. The Balaban J connectivity index is 0.00000625. The van der Waals surface area contributed by atoms with Gasteiger partial charge in [0, 0.05) is 25.9 Å². The van der Waals surface area contributed by atoms with Crippen LogP contribution in [0.1, 0.15) is 41.5 Å². The number of sulfone groups is 1. The third kappa shape index (κ3) is 7.85. The zero-order chi connectivity index (χ0) is 19.5. The summed E-state index contributed by atoms with van der Waals surface area (Å²) in [6.45, 7) is 12.6. The summed E-state index contributed by atoms with van der Waals surface area (Å²) < 4.78 is 27.9. The number of aliphatic imine (C=N–C) groups is 1. The van der Waals surface area contributed by atoms with E-state index in [4.69, 9.17) is 4.74 Å². The average molecular weight is 504 g/mol. The summed E-state index contributed by atoms with van der Waals surface area (Å²) in [5, 5.41) is 6.32. The van der Waals surface area contributed by atoms with E-state index < -0.39 is 20.2 Å². The van der Waals surface area contributed by atoms with E-state index in [1.807, 2.05) is 27.7 Å². The summed E-state index contributed by atoms with van der Waals surface area (Å²) in [6, 6.07) is 0.0617. The van der Waals surface area contributed by atoms with E-state index in [1.54, 1.807) is 18.7 Å². The van der Waals surface area contributed by atoms with Crippen LogP contribution in [-0.2, 0) is 14.6 Å². The van der Waals surface area contributed by atoms with Gasteiger partial charge in [0.25, 0.3) is 0 Å². The number of carbonyl (C=O) groups excluding carboxylic acids is 1. The average Bonchev–Trinajstić information content (AvgIpc) is 2.35. The van der Waals surface area contributed by atoms with Crippen LogP contribution < -0.4 is 10.6 Å². The van der Waals surface area contributed by atoms with Crippen LogP contribution in [0, 0.1) is 0 Å². The summed E-state index contributed by atoms with van der Waals surface area (Å²) in [7, 11) is -3.20. The van der Waals surface area contributed by atoms with Gasteiger partial charge in [0.15, 0.2) is 15.8 Å². The van der Waals surface area contributed by atoms with Crippen molar-refractivity contribution in [1.82, 2.24) is 15.5 Å². The van der Waals surface area contributed by atoms with E-state index >= 15 is 0 Å². The predicted molar refractivity (Wildman–Crippen MR) is 115 cm³/mol. The molecule has 1 heterocycles. The second-order valence-electron chi connectivity index (χ2n) is 7.95. The van der Waals surface area contributed by atoms with Crippen molar-refractivity contribution in [2.45, 2.75) is 57.9 Å².